The number of nitrogens with zero attached hydrogens (tertiary/aromatic N) is 2. The van der Waals surface area contributed by atoms with Crippen LogP contribution < -0.4 is 15.0 Å². The van der Waals surface area contributed by atoms with Gasteiger partial charge in [-0.2, -0.15) is 18.2 Å². The molecule has 3 aliphatic rings. The van der Waals surface area contributed by atoms with Gasteiger partial charge < -0.3 is 24.1 Å². The SMILES string of the molecule is CC1CN(c2nc(C(=O)Nc3cc(F)c(OC4CC5CC5C4)c(F)c3)c(CC(F)(F)F)o2)CC(C)O1. The van der Waals surface area contributed by atoms with Gasteiger partial charge in [-0.1, -0.05) is 0 Å². The number of ether oxygens (including phenoxy) is 2. The van der Waals surface area contributed by atoms with Crippen molar-refractivity contribution in [2.75, 3.05) is 23.3 Å². The normalized spacial score (nSPS) is 27.6. The van der Waals surface area contributed by atoms with E-state index < -0.39 is 47.3 Å². The maximum Gasteiger partial charge on any atom is 0.396 e. The van der Waals surface area contributed by atoms with Crippen LogP contribution in [0, 0.1) is 23.5 Å². The Bertz CT molecular complexity index is 1110. The number of alkyl halides is 3. The fourth-order valence-corrected chi connectivity index (χ4v) is 5.15. The van der Waals surface area contributed by atoms with Crippen LogP contribution in [0.25, 0.3) is 0 Å². The molecular weight excluding hydrogens is 489 g/mol. The first-order valence-corrected chi connectivity index (χ1v) is 11.9. The zero-order valence-corrected chi connectivity index (χ0v) is 19.7. The van der Waals surface area contributed by atoms with Gasteiger partial charge in [-0.25, -0.2) is 8.78 Å². The molecule has 12 heteroatoms. The number of hydrogen-bond acceptors (Lipinski definition) is 6. The van der Waals surface area contributed by atoms with E-state index in [0.717, 1.165) is 31.4 Å². The van der Waals surface area contributed by atoms with Crippen LogP contribution in [0.2, 0.25) is 0 Å². The van der Waals surface area contributed by atoms with Gasteiger partial charge in [0.1, 0.15) is 12.2 Å². The van der Waals surface area contributed by atoms with Crippen LogP contribution in [0.15, 0.2) is 16.5 Å². The molecule has 2 aliphatic carbocycles. The van der Waals surface area contributed by atoms with Gasteiger partial charge in [-0.05, 0) is 44.9 Å². The van der Waals surface area contributed by atoms with E-state index in [1.165, 1.54) is 0 Å². The number of hydrogen-bond donors (Lipinski definition) is 1. The minimum Gasteiger partial charge on any atom is -0.484 e. The molecule has 1 aromatic carbocycles. The molecule has 1 saturated heterocycles. The fraction of sp³-hybridized carbons (Fsp3) is 0.583. The summed E-state index contributed by atoms with van der Waals surface area (Å²) in [7, 11) is 0. The molecule has 0 bridgehead atoms. The van der Waals surface area contributed by atoms with Crippen molar-refractivity contribution in [2.24, 2.45) is 11.8 Å². The van der Waals surface area contributed by atoms with Gasteiger partial charge in [-0.3, -0.25) is 4.79 Å². The molecule has 36 heavy (non-hydrogen) atoms. The van der Waals surface area contributed by atoms with Gasteiger partial charge in [0.25, 0.3) is 11.9 Å². The molecular formula is C24H26F5N3O4. The van der Waals surface area contributed by atoms with Crippen molar-refractivity contribution >= 4 is 17.6 Å². The number of morpholine rings is 1. The highest BCUT2D eigenvalue weighted by molar-refractivity contribution is 6.03. The lowest BCUT2D eigenvalue weighted by atomic mass is 10.2. The Hall–Kier alpha value is -2.89. The number of halogens is 5. The van der Waals surface area contributed by atoms with Gasteiger partial charge in [0, 0.05) is 30.9 Å². The van der Waals surface area contributed by atoms with E-state index in [4.69, 9.17) is 13.9 Å². The lowest BCUT2D eigenvalue weighted by Crippen LogP contribution is -2.45. The molecule has 1 amide bonds. The van der Waals surface area contributed by atoms with E-state index in [-0.39, 0.29) is 30.0 Å². The van der Waals surface area contributed by atoms with E-state index >= 15 is 0 Å². The molecule has 2 aromatic rings. The second-order valence-electron chi connectivity index (χ2n) is 9.91. The maximum atomic E-state index is 14.6. The van der Waals surface area contributed by atoms with Gasteiger partial charge in [0.05, 0.1) is 18.3 Å². The van der Waals surface area contributed by atoms with Crippen molar-refractivity contribution in [1.29, 1.82) is 0 Å². The lowest BCUT2D eigenvalue weighted by molar-refractivity contribution is -0.130. The van der Waals surface area contributed by atoms with Crippen LogP contribution in [-0.4, -0.2) is 48.5 Å². The smallest absolute Gasteiger partial charge is 0.396 e. The molecule has 3 fully saturated rings. The van der Waals surface area contributed by atoms with Crippen molar-refractivity contribution in [3.63, 3.8) is 0 Å². The third kappa shape index (κ3) is 5.42. The number of aromatic nitrogens is 1. The molecule has 0 radical (unpaired) electrons. The minimum atomic E-state index is -4.67. The highest BCUT2D eigenvalue weighted by atomic mass is 19.4. The number of fused-ring (bicyclic) bond motifs is 1. The molecule has 1 N–H and O–H groups in total. The molecule has 2 saturated carbocycles. The molecule has 196 valence electrons. The van der Waals surface area contributed by atoms with E-state index in [2.05, 4.69) is 10.3 Å². The number of amides is 1. The standard InChI is InChI=1S/C24H26F5N3O4/c1-11-9-32(10-12(2)34-11)23-31-20(19(36-23)8-24(27,28)29)22(33)30-15-6-17(25)21(18(26)7-15)35-16-4-13-3-14(13)5-16/h6-7,11-14,16H,3-5,8-10H2,1-2H3,(H,30,33). The number of carbonyl (C=O) groups excluding carboxylic acids is 1. The largest absolute Gasteiger partial charge is 0.484 e. The third-order valence-electron chi connectivity index (χ3n) is 6.69. The van der Waals surface area contributed by atoms with Crippen LogP contribution in [0.5, 0.6) is 5.75 Å². The van der Waals surface area contributed by atoms with Crippen molar-refractivity contribution < 1.29 is 40.6 Å². The van der Waals surface area contributed by atoms with Crippen LogP contribution >= 0.6 is 0 Å². The first-order valence-electron chi connectivity index (χ1n) is 11.9. The van der Waals surface area contributed by atoms with E-state index in [9.17, 15) is 26.7 Å². The summed E-state index contributed by atoms with van der Waals surface area (Å²) < 4.78 is 85.2. The van der Waals surface area contributed by atoms with Crippen LogP contribution in [0.4, 0.5) is 33.7 Å². The van der Waals surface area contributed by atoms with E-state index in [1.807, 2.05) is 0 Å². The molecule has 1 aromatic heterocycles. The van der Waals surface area contributed by atoms with E-state index in [1.54, 1.807) is 18.7 Å². The van der Waals surface area contributed by atoms with Crippen molar-refractivity contribution in [3.05, 3.63) is 35.2 Å². The van der Waals surface area contributed by atoms with Crippen molar-refractivity contribution in [1.82, 2.24) is 4.98 Å². The molecule has 4 unspecified atom stereocenters. The Kier molecular flexibility index (Phi) is 6.34. The van der Waals surface area contributed by atoms with Crippen LogP contribution in [0.3, 0.4) is 0 Å². The molecule has 7 nitrogen and oxygen atoms in total. The first kappa shape index (κ1) is 24.8. The highest BCUT2D eigenvalue weighted by Gasteiger charge is 2.47. The molecule has 4 atom stereocenters. The summed E-state index contributed by atoms with van der Waals surface area (Å²) in [6.45, 7) is 4.19. The summed E-state index contributed by atoms with van der Waals surface area (Å²) in [6, 6.07) is 1.57. The molecule has 0 spiro atoms. The van der Waals surface area contributed by atoms with Gasteiger partial charge >= 0.3 is 6.18 Å². The summed E-state index contributed by atoms with van der Waals surface area (Å²) in [4.78, 5) is 18.4. The third-order valence-corrected chi connectivity index (χ3v) is 6.69. The summed E-state index contributed by atoms with van der Waals surface area (Å²) in [5.41, 5.74) is -0.895. The number of benzene rings is 1. The predicted molar refractivity (Wildman–Crippen MR) is 118 cm³/mol. The summed E-state index contributed by atoms with van der Waals surface area (Å²) >= 11 is 0. The fourth-order valence-electron chi connectivity index (χ4n) is 5.15. The number of oxazole rings is 1. The quantitative estimate of drug-likeness (QED) is 0.540. The number of nitrogens with one attached hydrogen (secondary N) is 1. The van der Waals surface area contributed by atoms with E-state index in [0.29, 0.717) is 24.9 Å². The Balaban J connectivity index is 1.35. The highest BCUT2D eigenvalue weighted by Crippen LogP contribution is 2.52. The van der Waals surface area contributed by atoms with Crippen molar-refractivity contribution in [2.45, 2.75) is 64.0 Å². The second-order valence-corrected chi connectivity index (χ2v) is 9.91. The van der Waals surface area contributed by atoms with Crippen LogP contribution in [0.1, 0.15) is 49.4 Å². The minimum absolute atomic E-state index is 0.155. The predicted octanol–water partition coefficient (Wildman–Crippen LogP) is 5.10. The van der Waals surface area contributed by atoms with Gasteiger partial charge in [0.15, 0.2) is 23.1 Å². The Morgan fingerprint density at radius 1 is 1.11 bits per heavy atom. The average molecular weight is 515 g/mol. The zero-order valence-electron chi connectivity index (χ0n) is 19.7. The monoisotopic (exact) mass is 515 g/mol. The Morgan fingerprint density at radius 3 is 2.31 bits per heavy atom. The summed E-state index contributed by atoms with van der Waals surface area (Å²) in [6.07, 6.45) is -4.30. The average Bonchev–Trinajstić information content (AvgIpc) is 3.16. The second kappa shape index (κ2) is 9.20. The number of rotatable bonds is 6. The summed E-state index contributed by atoms with van der Waals surface area (Å²) in [5, 5.41) is 2.23. The first-order chi connectivity index (χ1) is 16.9. The number of anilines is 2. The summed E-state index contributed by atoms with van der Waals surface area (Å²) in [5.74, 6) is -3.22. The van der Waals surface area contributed by atoms with Gasteiger partial charge in [-0.15, -0.1) is 0 Å². The molecule has 2 heterocycles. The lowest BCUT2D eigenvalue weighted by Gasteiger charge is -2.34. The Labute approximate surface area is 203 Å². The van der Waals surface area contributed by atoms with Gasteiger partial charge in [0.2, 0.25) is 0 Å². The molecule has 1 aliphatic heterocycles. The van der Waals surface area contributed by atoms with Crippen LogP contribution in [-0.2, 0) is 11.2 Å². The van der Waals surface area contributed by atoms with Crippen molar-refractivity contribution in [3.8, 4) is 5.75 Å². The number of carbonyl (C=O) groups is 1. The topological polar surface area (TPSA) is 76.8 Å². The Morgan fingerprint density at radius 2 is 1.72 bits per heavy atom. The zero-order chi connectivity index (χ0) is 25.8. The maximum absolute atomic E-state index is 14.6. The molecule has 5 rings (SSSR count).